The highest BCUT2D eigenvalue weighted by molar-refractivity contribution is 5.82. The van der Waals surface area contributed by atoms with E-state index in [4.69, 9.17) is 0 Å². The summed E-state index contributed by atoms with van der Waals surface area (Å²) in [5.74, 6) is 0.568. The summed E-state index contributed by atoms with van der Waals surface area (Å²) in [6.07, 6.45) is 4.50. The molecule has 3 nitrogen and oxygen atoms in total. The van der Waals surface area contributed by atoms with Gasteiger partial charge in [0, 0.05) is 23.1 Å². The lowest BCUT2D eigenvalue weighted by molar-refractivity contribution is -0.728. The van der Waals surface area contributed by atoms with Gasteiger partial charge < -0.3 is 10.6 Å². The van der Waals surface area contributed by atoms with E-state index in [1.54, 1.807) is 0 Å². The van der Waals surface area contributed by atoms with Crippen molar-refractivity contribution < 1.29 is 10.1 Å². The van der Waals surface area contributed by atoms with E-state index < -0.39 is 0 Å². The first-order valence-electron chi connectivity index (χ1n) is 10.4. The minimum absolute atomic E-state index is 0.136. The van der Waals surface area contributed by atoms with Crippen molar-refractivity contribution in [2.45, 2.75) is 64.6 Å². The van der Waals surface area contributed by atoms with Crippen LogP contribution in [-0.4, -0.2) is 11.9 Å². The molecule has 0 unspecified atom stereocenters. The quantitative estimate of drug-likeness (QED) is 0.695. The number of hydrogen-bond donors (Lipinski definition) is 2. The average Bonchev–Trinajstić information content (AvgIpc) is 3.48. The molecule has 1 amide bonds. The van der Waals surface area contributed by atoms with E-state index in [0.29, 0.717) is 12.0 Å². The molecule has 0 spiro atoms. The van der Waals surface area contributed by atoms with Crippen LogP contribution in [0.15, 0.2) is 54.6 Å². The first-order chi connectivity index (χ1) is 13.1. The van der Waals surface area contributed by atoms with Crippen LogP contribution in [0.5, 0.6) is 0 Å². The van der Waals surface area contributed by atoms with Crippen LogP contribution in [-0.2, 0) is 11.2 Å². The summed E-state index contributed by atoms with van der Waals surface area (Å²) in [5, 5.41) is 5.46. The second kappa shape index (κ2) is 9.18. The predicted octanol–water partition coefficient (Wildman–Crippen LogP) is 3.92. The first-order valence-corrected chi connectivity index (χ1v) is 10.4. The number of hydrogen-bond acceptors (Lipinski definition) is 1. The van der Waals surface area contributed by atoms with E-state index in [9.17, 15) is 4.79 Å². The fourth-order valence-electron chi connectivity index (χ4n) is 3.65. The number of carbonyl (C=O) groups is 1. The molecule has 3 rings (SSSR count). The smallest absolute Gasteiger partial charge is 0.283 e. The zero-order valence-corrected chi connectivity index (χ0v) is 16.8. The minimum atomic E-state index is -0.213. The fourth-order valence-corrected chi connectivity index (χ4v) is 3.65. The van der Waals surface area contributed by atoms with Crippen LogP contribution in [0.25, 0.3) is 0 Å². The lowest BCUT2D eigenvalue weighted by Crippen LogP contribution is -2.89. The average molecular weight is 366 g/mol. The van der Waals surface area contributed by atoms with Gasteiger partial charge in [0.1, 0.15) is 6.04 Å². The van der Waals surface area contributed by atoms with Gasteiger partial charge in [-0.25, -0.2) is 0 Å². The minimum Gasteiger partial charge on any atom is -0.348 e. The topological polar surface area (TPSA) is 45.7 Å². The molecule has 0 bridgehead atoms. The standard InChI is InChI=1S/C24H32N2O/c1-4-8-18-11-13-20(14-12-18)22(17(2)3)26-23(19-9-6-5-7-10-19)24(27)25-21-15-16-21/h5-7,9-14,17,21-23,26H,4,8,15-16H2,1-3H3,(H,25,27)/p+1/t22-,23+/m1/s1. The first kappa shape index (κ1) is 19.6. The van der Waals surface area contributed by atoms with Crippen LogP contribution in [0.2, 0.25) is 0 Å². The maximum atomic E-state index is 13.0. The molecular weight excluding hydrogens is 332 g/mol. The monoisotopic (exact) mass is 365 g/mol. The molecule has 1 fully saturated rings. The summed E-state index contributed by atoms with van der Waals surface area (Å²) >= 11 is 0. The highest BCUT2D eigenvalue weighted by atomic mass is 16.2. The van der Waals surface area contributed by atoms with Crippen molar-refractivity contribution in [3.05, 3.63) is 71.3 Å². The normalized spacial score (nSPS) is 16.1. The van der Waals surface area contributed by atoms with Crippen molar-refractivity contribution >= 4 is 5.91 Å². The van der Waals surface area contributed by atoms with Crippen LogP contribution in [0.4, 0.5) is 0 Å². The highest BCUT2D eigenvalue weighted by Crippen LogP contribution is 2.23. The zero-order chi connectivity index (χ0) is 19.2. The van der Waals surface area contributed by atoms with Gasteiger partial charge in [0.15, 0.2) is 6.04 Å². The Hall–Kier alpha value is -2.13. The molecule has 144 valence electrons. The van der Waals surface area contributed by atoms with Gasteiger partial charge in [0.05, 0.1) is 0 Å². The SMILES string of the molecule is CCCc1ccc([C@H]([NH2+][C@H](C(=O)NC2CC2)c2ccccc2)C(C)C)cc1. The largest absolute Gasteiger partial charge is 0.348 e. The molecule has 0 aliphatic heterocycles. The summed E-state index contributed by atoms with van der Waals surface area (Å²) in [6.45, 7) is 6.69. The van der Waals surface area contributed by atoms with E-state index in [1.807, 2.05) is 18.2 Å². The number of amides is 1. The van der Waals surface area contributed by atoms with E-state index in [-0.39, 0.29) is 18.0 Å². The molecule has 2 atom stereocenters. The van der Waals surface area contributed by atoms with E-state index in [0.717, 1.165) is 31.2 Å². The maximum Gasteiger partial charge on any atom is 0.283 e. The molecule has 0 radical (unpaired) electrons. The Balaban J connectivity index is 1.82. The van der Waals surface area contributed by atoms with Crippen molar-refractivity contribution in [3.8, 4) is 0 Å². The van der Waals surface area contributed by atoms with E-state index in [2.05, 4.69) is 67.8 Å². The van der Waals surface area contributed by atoms with Crippen LogP contribution < -0.4 is 10.6 Å². The van der Waals surface area contributed by atoms with Crippen LogP contribution in [0, 0.1) is 5.92 Å². The van der Waals surface area contributed by atoms with Crippen LogP contribution in [0.3, 0.4) is 0 Å². The Morgan fingerprint density at radius 1 is 1.04 bits per heavy atom. The predicted molar refractivity (Wildman–Crippen MR) is 110 cm³/mol. The van der Waals surface area contributed by atoms with Gasteiger partial charge in [-0.3, -0.25) is 4.79 Å². The van der Waals surface area contributed by atoms with Gasteiger partial charge in [-0.2, -0.15) is 0 Å². The van der Waals surface area contributed by atoms with E-state index >= 15 is 0 Å². The van der Waals surface area contributed by atoms with Gasteiger partial charge in [-0.1, -0.05) is 81.8 Å². The molecule has 1 aliphatic rings. The fraction of sp³-hybridized carbons (Fsp3) is 0.458. The Morgan fingerprint density at radius 2 is 1.70 bits per heavy atom. The molecule has 27 heavy (non-hydrogen) atoms. The maximum absolute atomic E-state index is 13.0. The Morgan fingerprint density at radius 3 is 2.26 bits per heavy atom. The van der Waals surface area contributed by atoms with Gasteiger partial charge in [0.2, 0.25) is 0 Å². The molecule has 1 aliphatic carbocycles. The third kappa shape index (κ3) is 5.43. The summed E-state index contributed by atoms with van der Waals surface area (Å²) in [5.41, 5.74) is 3.75. The van der Waals surface area contributed by atoms with Crippen molar-refractivity contribution in [1.82, 2.24) is 5.32 Å². The highest BCUT2D eigenvalue weighted by Gasteiger charge is 2.33. The molecular formula is C24H33N2O+. The van der Waals surface area contributed by atoms with Crippen LogP contribution >= 0.6 is 0 Å². The third-order valence-corrected chi connectivity index (χ3v) is 5.39. The molecule has 1 saturated carbocycles. The Labute approximate surface area is 163 Å². The van der Waals surface area contributed by atoms with E-state index in [1.165, 1.54) is 11.1 Å². The Bertz CT molecular complexity index is 720. The molecule has 0 heterocycles. The van der Waals surface area contributed by atoms with Gasteiger partial charge in [0.25, 0.3) is 5.91 Å². The number of nitrogens with two attached hydrogens (primary N) is 1. The number of nitrogens with one attached hydrogen (secondary N) is 1. The second-order valence-electron chi connectivity index (χ2n) is 8.13. The van der Waals surface area contributed by atoms with Crippen molar-refractivity contribution in [2.24, 2.45) is 5.92 Å². The molecule has 3 heteroatoms. The summed E-state index contributed by atoms with van der Waals surface area (Å²) < 4.78 is 0. The number of quaternary nitrogens is 1. The number of carbonyl (C=O) groups excluding carboxylic acids is 1. The molecule has 0 saturated heterocycles. The lowest BCUT2D eigenvalue weighted by atomic mass is 9.92. The Kier molecular flexibility index (Phi) is 6.68. The summed E-state index contributed by atoms with van der Waals surface area (Å²) in [7, 11) is 0. The molecule has 2 aromatic carbocycles. The van der Waals surface area contributed by atoms with Crippen molar-refractivity contribution in [1.29, 1.82) is 0 Å². The lowest BCUT2D eigenvalue weighted by Gasteiger charge is -2.25. The number of benzene rings is 2. The summed E-state index contributed by atoms with van der Waals surface area (Å²) in [4.78, 5) is 13.0. The van der Waals surface area contributed by atoms with Crippen molar-refractivity contribution in [2.75, 3.05) is 0 Å². The molecule has 3 N–H and O–H groups in total. The molecule has 2 aromatic rings. The zero-order valence-electron chi connectivity index (χ0n) is 16.8. The van der Waals surface area contributed by atoms with Gasteiger partial charge in [-0.05, 0) is 24.8 Å². The number of rotatable bonds is 9. The van der Waals surface area contributed by atoms with Crippen molar-refractivity contribution in [3.63, 3.8) is 0 Å². The second-order valence-corrected chi connectivity index (χ2v) is 8.13. The van der Waals surface area contributed by atoms with Gasteiger partial charge in [-0.15, -0.1) is 0 Å². The molecule has 0 aromatic heterocycles. The van der Waals surface area contributed by atoms with Gasteiger partial charge >= 0.3 is 0 Å². The number of aryl methyl sites for hydroxylation is 1. The third-order valence-electron chi connectivity index (χ3n) is 5.39. The van der Waals surface area contributed by atoms with Crippen LogP contribution in [0.1, 0.15) is 68.8 Å². The summed E-state index contributed by atoms with van der Waals surface area (Å²) in [6, 6.07) is 19.5.